The Hall–Kier alpha value is -3.48. The number of carbonyl (C=O) groups excluding carboxylic acids is 1. The number of rotatable bonds is 4. The van der Waals surface area contributed by atoms with Gasteiger partial charge in [0.1, 0.15) is 17.7 Å². The highest BCUT2D eigenvalue weighted by Crippen LogP contribution is 2.24. The van der Waals surface area contributed by atoms with Gasteiger partial charge in [0.2, 0.25) is 0 Å². The fourth-order valence-corrected chi connectivity index (χ4v) is 2.07. The molecule has 0 saturated heterocycles. The van der Waals surface area contributed by atoms with Gasteiger partial charge in [-0.05, 0) is 30.3 Å². The van der Waals surface area contributed by atoms with Crippen LogP contribution in [-0.4, -0.2) is 5.91 Å². The summed E-state index contributed by atoms with van der Waals surface area (Å²) in [6, 6.07) is 15.1. The van der Waals surface area contributed by atoms with Gasteiger partial charge in [-0.1, -0.05) is 23.7 Å². The van der Waals surface area contributed by atoms with E-state index < -0.39 is 5.91 Å². The van der Waals surface area contributed by atoms with E-state index in [4.69, 9.17) is 27.9 Å². The number of benzene rings is 2. The lowest BCUT2D eigenvalue weighted by atomic mass is 10.2. The van der Waals surface area contributed by atoms with Gasteiger partial charge in [0.25, 0.3) is 5.91 Å². The van der Waals surface area contributed by atoms with Crippen molar-refractivity contribution in [2.75, 3.05) is 16.4 Å². The number of hydrogen-bond acceptors (Lipinski definition) is 5. The Kier molecular flexibility index (Phi) is 5.40. The van der Waals surface area contributed by atoms with Crippen molar-refractivity contribution < 1.29 is 4.79 Å². The number of nitriles is 2. The van der Waals surface area contributed by atoms with Gasteiger partial charge >= 0.3 is 0 Å². The van der Waals surface area contributed by atoms with E-state index in [-0.39, 0.29) is 5.57 Å². The summed E-state index contributed by atoms with van der Waals surface area (Å²) in [7, 11) is 0. The number of halogens is 1. The Bertz CT molecular complexity index is 893. The molecule has 2 rings (SSSR count). The fourth-order valence-electron chi connectivity index (χ4n) is 1.83. The molecule has 0 heterocycles. The van der Waals surface area contributed by atoms with E-state index in [0.717, 1.165) is 0 Å². The maximum absolute atomic E-state index is 12.2. The minimum Gasteiger partial charge on any atom is -0.399 e. The Morgan fingerprint density at radius 2 is 1.92 bits per heavy atom. The maximum Gasteiger partial charge on any atom is 0.267 e. The summed E-state index contributed by atoms with van der Waals surface area (Å²) >= 11 is 6.01. The molecular weight excluding hydrogens is 326 g/mol. The molecule has 118 valence electrons. The Labute approximate surface area is 143 Å². The van der Waals surface area contributed by atoms with E-state index in [1.54, 1.807) is 48.5 Å². The monoisotopic (exact) mass is 337 g/mol. The third-order valence-corrected chi connectivity index (χ3v) is 3.34. The zero-order valence-electron chi connectivity index (χ0n) is 12.4. The minimum absolute atomic E-state index is 0.171. The number of nitrogens with zero attached hydrogens (tertiary/aromatic N) is 2. The predicted molar refractivity (Wildman–Crippen MR) is 93.0 cm³/mol. The van der Waals surface area contributed by atoms with Crippen LogP contribution in [-0.2, 0) is 4.79 Å². The van der Waals surface area contributed by atoms with Gasteiger partial charge in [-0.2, -0.15) is 10.5 Å². The number of nitrogen functional groups attached to an aromatic ring is 1. The SMILES string of the molecule is N#C/C(=C/Nc1ccc(N)cc1Cl)C(=O)Nc1ccccc1C#N. The van der Waals surface area contributed by atoms with Gasteiger partial charge in [-0.3, -0.25) is 4.79 Å². The van der Waals surface area contributed by atoms with Crippen molar-refractivity contribution in [2.45, 2.75) is 0 Å². The Morgan fingerprint density at radius 3 is 2.58 bits per heavy atom. The lowest BCUT2D eigenvalue weighted by Crippen LogP contribution is -2.15. The van der Waals surface area contributed by atoms with Crippen molar-refractivity contribution in [1.29, 1.82) is 10.5 Å². The van der Waals surface area contributed by atoms with Gasteiger partial charge in [0.15, 0.2) is 0 Å². The molecule has 0 atom stereocenters. The molecule has 0 unspecified atom stereocenters. The lowest BCUT2D eigenvalue weighted by molar-refractivity contribution is -0.112. The zero-order chi connectivity index (χ0) is 17.5. The average Bonchev–Trinajstić information content (AvgIpc) is 2.57. The third-order valence-electron chi connectivity index (χ3n) is 3.03. The van der Waals surface area contributed by atoms with Crippen molar-refractivity contribution in [3.63, 3.8) is 0 Å². The van der Waals surface area contributed by atoms with Crippen molar-refractivity contribution in [3.05, 3.63) is 64.8 Å². The molecule has 6 nitrogen and oxygen atoms in total. The van der Waals surface area contributed by atoms with E-state index in [0.29, 0.717) is 27.6 Å². The summed E-state index contributed by atoms with van der Waals surface area (Å²) in [5.41, 5.74) is 7.07. The predicted octanol–water partition coefficient (Wildman–Crippen LogP) is 3.25. The van der Waals surface area contributed by atoms with Crippen LogP contribution >= 0.6 is 11.6 Å². The first kappa shape index (κ1) is 16.9. The topological polar surface area (TPSA) is 115 Å². The van der Waals surface area contributed by atoms with Crippen LogP contribution in [0.1, 0.15) is 5.56 Å². The summed E-state index contributed by atoms with van der Waals surface area (Å²) in [5, 5.41) is 23.8. The second-order valence-corrected chi connectivity index (χ2v) is 5.07. The van der Waals surface area contributed by atoms with Crippen molar-refractivity contribution >= 4 is 34.6 Å². The van der Waals surface area contributed by atoms with Crippen LogP contribution in [0.15, 0.2) is 54.2 Å². The van der Waals surface area contributed by atoms with Crippen LogP contribution in [0.4, 0.5) is 17.1 Å². The third kappa shape index (κ3) is 4.04. The molecule has 0 aliphatic carbocycles. The first-order valence-corrected chi connectivity index (χ1v) is 7.15. The summed E-state index contributed by atoms with van der Waals surface area (Å²) < 4.78 is 0. The molecule has 2 aromatic rings. The quantitative estimate of drug-likeness (QED) is 0.450. The van der Waals surface area contributed by atoms with Gasteiger partial charge in [0, 0.05) is 11.9 Å². The molecule has 0 aliphatic heterocycles. The molecule has 0 aliphatic rings. The largest absolute Gasteiger partial charge is 0.399 e. The van der Waals surface area contributed by atoms with Gasteiger partial charge in [-0.15, -0.1) is 0 Å². The Balaban J connectivity index is 2.17. The summed E-state index contributed by atoms with van der Waals surface area (Å²) in [4.78, 5) is 12.2. The van der Waals surface area contributed by atoms with Crippen LogP contribution in [0, 0.1) is 22.7 Å². The van der Waals surface area contributed by atoms with E-state index in [2.05, 4.69) is 10.6 Å². The Morgan fingerprint density at radius 1 is 1.17 bits per heavy atom. The first-order valence-electron chi connectivity index (χ1n) is 6.77. The molecule has 0 bridgehead atoms. The maximum atomic E-state index is 12.2. The minimum atomic E-state index is -0.640. The molecule has 4 N–H and O–H groups in total. The number of hydrogen-bond donors (Lipinski definition) is 3. The number of amides is 1. The van der Waals surface area contributed by atoms with Crippen LogP contribution in [0.5, 0.6) is 0 Å². The normalized spacial score (nSPS) is 10.4. The van der Waals surface area contributed by atoms with Gasteiger partial charge < -0.3 is 16.4 Å². The number of anilines is 3. The van der Waals surface area contributed by atoms with Crippen LogP contribution in [0.25, 0.3) is 0 Å². The average molecular weight is 338 g/mol. The lowest BCUT2D eigenvalue weighted by Gasteiger charge is -2.07. The summed E-state index contributed by atoms with van der Waals surface area (Å²) in [6.45, 7) is 0. The molecule has 2 aromatic carbocycles. The summed E-state index contributed by atoms with van der Waals surface area (Å²) in [6.07, 6.45) is 1.24. The van der Waals surface area contributed by atoms with Gasteiger partial charge in [-0.25, -0.2) is 0 Å². The van der Waals surface area contributed by atoms with Crippen LogP contribution < -0.4 is 16.4 Å². The first-order chi connectivity index (χ1) is 11.5. The second kappa shape index (κ2) is 7.68. The zero-order valence-corrected chi connectivity index (χ0v) is 13.1. The number of para-hydroxylation sites is 1. The van der Waals surface area contributed by atoms with E-state index in [1.165, 1.54) is 6.20 Å². The molecular formula is C17H12ClN5O. The highest BCUT2D eigenvalue weighted by molar-refractivity contribution is 6.33. The molecule has 0 radical (unpaired) electrons. The molecule has 1 amide bonds. The summed E-state index contributed by atoms with van der Waals surface area (Å²) in [5.74, 6) is -0.640. The van der Waals surface area contributed by atoms with Crippen molar-refractivity contribution in [2.24, 2.45) is 0 Å². The number of nitrogens with two attached hydrogens (primary N) is 1. The van der Waals surface area contributed by atoms with Crippen LogP contribution in [0.2, 0.25) is 5.02 Å². The number of carbonyl (C=O) groups is 1. The molecule has 24 heavy (non-hydrogen) atoms. The number of nitrogens with one attached hydrogen (secondary N) is 2. The van der Waals surface area contributed by atoms with E-state index >= 15 is 0 Å². The van der Waals surface area contributed by atoms with E-state index in [9.17, 15) is 4.79 Å². The highest BCUT2D eigenvalue weighted by Gasteiger charge is 2.11. The molecule has 7 heteroatoms. The molecule has 0 saturated carbocycles. The highest BCUT2D eigenvalue weighted by atomic mass is 35.5. The molecule has 0 fully saturated rings. The van der Waals surface area contributed by atoms with Crippen molar-refractivity contribution in [1.82, 2.24) is 0 Å². The standard InChI is InChI=1S/C17H12ClN5O/c18-14-7-13(21)5-6-16(14)22-10-12(9-20)17(24)23-15-4-2-1-3-11(15)8-19/h1-7,10,22H,21H2,(H,23,24)/b12-10-. The van der Waals surface area contributed by atoms with Crippen LogP contribution in [0.3, 0.4) is 0 Å². The smallest absolute Gasteiger partial charge is 0.267 e. The molecule has 0 spiro atoms. The molecule has 0 aromatic heterocycles. The second-order valence-electron chi connectivity index (χ2n) is 4.66. The van der Waals surface area contributed by atoms with Gasteiger partial charge in [0.05, 0.1) is 22.0 Å². The van der Waals surface area contributed by atoms with E-state index in [1.807, 2.05) is 6.07 Å². The fraction of sp³-hybridized carbons (Fsp3) is 0. The van der Waals surface area contributed by atoms with Crippen molar-refractivity contribution in [3.8, 4) is 12.1 Å².